The molecule has 1 aliphatic carbocycles. The van der Waals surface area contributed by atoms with Crippen LogP contribution < -0.4 is 5.32 Å². The number of nitrogens with one attached hydrogen (secondary N) is 1. The van der Waals surface area contributed by atoms with E-state index in [4.69, 9.17) is 0 Å². The number of amides is 1. The average Bonchev–Trinajstić information content (AvgIpc) is 3.22. The van der Waals surface area contributed by atoms with E-state index in [0.717, 1.165) is 27.7 Å². The lowest BCUT2D eigenvalue weighted by molar-refractivity contribution is 0.0937. The summed E-state index contributed by atoms with van der Waals surface area (Å²) >= 11 is 0. The van der Waals surface area contributed by atoms with Gasteiger partial charge in [0.15, 0.2) is 0 Å². The van der Waals surface area contributed by atoms with Crippen molar-refractivity contribution in [3.8, 4) is 0 Å². The van der Waals surface area contributed by atoms with Crippen LogP contribution in [0.25, 0.3) is 10.9 Å². The van der Waals surface area contributed by atoms with E-state index in [0.29, 0.717) is 5.92 Å². The number of rotatable bonds is 3. The second-order valence-corrected chi connectivity index (χ2v) is 5.93. The molecule has 104 valence electrons. The van der Waals surface area contributed by atoms with Crippen molar-refractivity contribution in [1.29, 1.82) is 0 Å². The van der Waals surface area contributed by atoms with E-state index in [-0.39, 0.29) is 11.9 Å². The fraction of sp³-hybridized carbons (Fsp3) is 0.412. The van der Waals surface area contributed by atoms with Crippen LogP contribution in [0.15, 0.2) is 24.3 Å². The smallest absolute Gasteiger partial charge is 0.252 e. The number of fused-ring (bicyclic) bond motifs is 1. The second kappa shape index (κ2) is 4.89. The molecule has 1 saturated carbocycles. The summed E-state index contributed by atoms with van der Waals surface area (Å²) in [5.74, 6) is 0.681. The quantitative estimate of drug-likeness (QED) is 0.927. The molecule has 0 spiro atoms. The zero-order valence-electron chi connectivity index (χ0n) is 12.2. The third-order valence-electron chi connectivity index (χ3n) is 4.02. The van der Waals surface area contributed by atoms with Crippen molar-refractivity contribution < 1.29 is 4.79 Å². The Morgan fingerprint density at radius 3 is 2.75 bits per heavy atom. The van der Waals surface area contributed by atoms with Gasteiger partial charge in [0, 0.05) is 17.1 Å². The largest absolute Gasteiger partial charge is 0.349 e. The molecule has 1 heterocycles. The Morgan fingerprint density at radius 1 is 1.30 bits per heavy atom. The van der Waals surface area contributed by atoms with E-state index >= 15 is 0 Å². The summed E-state index contributed by atoms with van der Waals surface area (Å²) in [6, 6.07) is 8.20. The summed E-state index contributed by atoms with van der Waals surface area (Å²) in [6.45, 7) is 6.06. The predicted molar refractivity (Wildman–Crippen MR) is 80.9 cm³/mol. The molecule has 1 aromatic heterocycles. The van der Waals surface area contributed by atoms with Gasteiger partial charge in [-0.3, -0.25) is 9.78 Å². The molecule has 0 saturated heterocycles. The summed E-state index contributed by atoms with van der Waals surface area (Å²) in [4.78, 5) is 17.0. The number of aromatic nitrogens is 1. The van der Waals surface area contributed by atoms with Crippen LogP contribution >= 0.6 is 0 Å². The van der Waals surface area contributed by atoms with Gasteiger partial charge in [0.25, 0.3) is 5.91 Å². The highest BCUT2D eigenvalue weighted by atomic mass is 16.1. The predicted octanol–water partition coefficient (Wildman–Crippen LogP) is 3.38. The lowest BCUT2D eigenvalue weighted by Crippen LogP contribution is -2.34. The zero-order chi connectivity index (χ0) is 14.3. The minimum atomic E-state index is 0.0190. The van der Waals surface area contributed by atoms with Crippen LogP contribution in [0.3, 0.4) is 0 Å². The van der Waals surface area contributed by atoms with Crippen molar-refractivity contribution in [2.24, 2.45) is 5.92 Å². The first-order valence-electron chi connectivity index (χ1n) is 7.23. The highest BCUT2D eigenvalue weighted by Gasteiger charge is 2.29. The third-order valence-corrected chi connectivity index (χ3v) is 4.02. The number of pyridine rings is 1. The van der Waals surface area contributed by atoms with E-state index in [1.165, 1.54) is 12.8 Å². The lowest BCUT2D eigenvalue weighted by atomic mass is 10.0. The van der Waals surface area contributed by atoms with Crippen LogP contribution in [-0.4, -0.2) is 16.9 Å². The summed E-state index contributed by atoms with van der Waals surface area (Å²) in [5, 5.41) is 4.07. The lowest BCUT2D eigenvalue weighted by Gasteiger charge is -2.14. The number of hydrogen-bond donors (Lipinski definition) is 1. The molecular formula is C17H20N2O. The number of hydrogen-bond acceptors (Lipinski definition) is 2. The molecule has 0 radical (unpaired) electrons. The molecule has 2 aromatic rings. The standard InChI is InChI=1S/C17H20N2O/c1-10-4-7-16-14(8-10)15(9-11(2)18-16)17(20)19-12(3)13-5-6-13/h4,7-9,12-13H,5-6H2,1-3H3,(H,19,20). The minimum Gasteiger partial charge on any atom is -0.349 e. The third kappa shape index (κ3) is 2.53. The van der Waals surface area contributed by atoms with E-state index in [2.05, 4.69) is 17.2 Å². The van der Waals surface area contributed by atoms with Gasteiger partial charge < -0.3 is 5.32 Å². The van der Waals surface area contributed by atoms with Gasteiger partial charge in [0.1, 0.15) is 0 Å². The van der Waals surface area contributed by atoms with Crippen LogP contribution in [-0.2, 0) is 0 Å². The molecule has 1 atom stereocenters. The Morgan fingerprint density at radius 2 is 2.05 bits per heavy atom. The fourth-order valence-corrected chi connectivity index (χ4v) is 2.66. The Labute approximate surface area is 119 Å². The van der Waals surface area contributed by atoms with Gasteiger partial charge in [0.2, 0.25) is 0 Å². The summed E-state index contributed by atoms with van der Waals surface area (Å²) in [5.41, 5.74) is 3.65. The molecule has 3 heteroatoms. The van der Waals surface area contributed by atoms with Gasteiger partial charge in [-0.05, 0) is 57.7 Å². The molecule has 1 aliphatic rings. The fourth-order valence-electron chi connectivity index (χ4n) is 2.66. The molecule has 1 aromatic carbocycles. The molecule has 3 rings (SSSR count). The van der Waals surface area contributed by atoms with Crippen LogP contribution in [0.4, 0.5) is 0 Å². The number of nitrogens with zero attached hydrogens (tertiary/aromatic N) is 1. The number of aryl methyl sites for hydroxylation is 2. The Balaban J connectivity index is 2.00. The maximum Gasteiger partial charge on any atom is 0.252 e. The molecule has 1 unspecified atom stereocenters. The van der Waals surface area contributed by atoms with Gasteiger partial charge in [-0.1, -0.05) is 11.6 Å². The summed E-state index contributed by atoms with van der Waals surface area (Å²) < 4.78 is 0. The average molecular weight is 268 g/mol. The van der Waals surface area contributed by atoms with Crippen LogP contribution in [0.1, 0.15) is 41.4 Å². The van der Waals surface area contributed by atoms with Crippen LogP contribution in [0.5, 0.6) is 0 Å². The van der Waals surface area contributed by atoms with E-state index < -0.39 is 0 Å². The van der Waals surface area contributed by atoms with Gasteiger partial charge in [-0.2, -0.15) is 0 Å². The first-order valence-corrected chi connectivity index (χ1v) is 7.23. The SMILES string of the molecule is Cc1ccc2nc(C)cc(C(=O)NC(C)C3CC3)c2c1. The summed E-state index contributed by atoms with van der Waals surface area (Å²) in [6.07, 6.45) is 2.47. The van der Waals surface area contributed by atoms with E-state index in [9.17, 15) is 4.79 Å². The first-order chi connectivity index (χ1) is 9.54. The van der Waals surface area contributed by atoms with Crippen molar-refractivity contribution in [1.82, 2.24) is 10.3 Å². The van der Waals surface area contributed by atoms with Crippen LogP contribution in [0, 0.1) is 19.8 Å². The molecule has 20 heavy (non-hydrogen) atoms. The molecule has 0 bridgehead atoms. The highest BCUT2D eigenvalue weighted by molar-refractivity contribution is 6.06. The van der Waals surface area contributed by atoms with Gasteiger partial charge in [-0.25, -0.2) is 0 Å². The monoisotopic (exact) mass is 268 g/mol. The number of benzene rings is 1. The van der Waals surface area contributed by atoms with E-state index in [1.807, 2.05) is 38.1 Å². The van der Waals surface area contributed by atoms with Crippen molar-refractivity contribution >= 4 is 16.8 Å². The van der Waals surface area contributed by atoms with Crippen LogP contribution in [0.2, 0.25) is 0 Å². The molecule has 0 aliphatic heterocycles. The second-order valence-electron chi connectivity index (χ2n) is 5.93. The molecular weight excluding hydrogens is 248 g/mol. The van der Waals surface area contributed by atoms with Crippen molar-refractivity contribution in [3.05, 3.63) is 41.1 Å². The zero-order valence-corrected chi connectivity index (χ0v) is 12.2. The van der Waals surface area contributed by atoms with Crippen molar-refractivity contribution in [2.75, 3.05) is 0 Å². The van der Waals surface area contributed by atoms with E-state index in [1.54, 1.807) is 0 Å². The normalized spacial score (nSPS) is 16.1. The highest BCUT2D eigenvalue weighted by Crippen LogP contribution is 2.32. The topological polar surface area (TPSA) is 42.0 Å². The maximum atomic E-state index is 12.5. The van der Waals surface area contributed by atoms with Crippen molar-refractivity contribution in [3.63, 3.8) is 0 Å². The van der Waals surface area contributed by atoms with Gasteiger partial charge in [-0.15, -0.1) is 0 Å². The van der Waals surface area contributed by atoms with Gasteiger partial charge >= 0.3 is 0 Å². The van der Waals surface area contributed by atoms with Crippen molar-refractivity contribution in [2.45, 2.75) is 39.7 Å². The first kappa shape index (κ1) is 13.1. The minimum absolute atomic E-state index is 0.0190. The number of carbonyl (C=O) groups excluding carboxylic acids is 1. The molecule has 3 nitrogen and oxygen atoms in total. The molecule has 1 N–H and O–H groups in total. The number of carbonyl (C=O) groups is 1. The Kier molecular flexibility index (Phi) is 3.20. The maximum absolute atomic E-state index is 12.5. The molecule has 1 fully saturated rings. The molecule has 1 amide bonds. The summed E-state index contributed by atoms with van der Waals surface area (Å²) in [7, 11) is 0. The Hall–Kier alpha value is -1.90. The van der Waals surface area contributed by atoms with Gasteiger partial charge in [0.05, 0.1) is 11.1 Å². The Bertz CT molecular complexity index is 674.